The Balaban J connectivity index is -0.000000333. The monoisotopic (exact) mass is 1390 g/mol. The van der Waals surface area contributed by atoms with Crippen molar-refractivity contribution in [3.8, 4) is 0 Å². The smallest absolute Gasteiger partial charge is 0.465 e. The molecule has 26 heteroatoms. The van der Waals surface area contributed by atoms with Crippen LogP contribution in [0.5, 0.6) is 0 Å². The molecule has 1 saturated heterocycles. The number of epoxide rings is 1. The second kappa shape index (κ2) is 50.4. The van der Waals surface area contributed by atoms with Crippen LogP contribution in [0.1, 0.15) is 196 Å². The maximum atomic E-state index is 11.8. The van der Waals surface area contributed by atoms with E-state index in [1.807, 2.05) is 124 Å². The van der Waals surface area contributed by atoms with Gasteiger partial charge >= 0.3 is 70.3 Å². The summed E-state index contributed by atoms with van der Waals surface area (Å²) in [5.41, 5.74) is -1.13. The topological polar surface area (TPSA) is 253 Å². The molecule has 92 heavy (non-hydrogen) atoms. The van der Waals surface area contributed by atoms with Gasteiger partial charge in [-0.2, -0.15) is 0 Å². The predicted molar refractivity (Wildman–Crippen MR) is 372 cm³/mol. The Bertz CT molecular complexity index is 1990. The molecule has 1 fully saturated rings. The standard InChI is InChI=1S/C14H30O4Si.C12H26O5Si.C12H26O4Si.C12H20O4.C9H16O3.C7H18O2Si/c1-7-14(4,5)13(15)16-11-10-12-19(6,17-8-2)18-9-3;1-7-12(2,3)11(13)17-9-8-10-18(14-4,15-5)16-6;1-7-12(2,3)11(13)16-9-8-10-17(6,14-4)15-5;1-6-12(4,5)11(14)16-8-7-15-10(13)9(2)3;1-4-9(2,3)8(10)12-6-7-5-11-7;1-6-7(2)10(5,8-3)9-4/h7-12H2,1-6H3;7-10H2,1-6H3;7-10H2,1-6H3;2,6-8H2,1,3-5H3;7H,4-6H2,1-3H3;7H,6H2,1-5H3. The third-order valence-corrected chi connectivity index (χ3v) is 29.5. The number of ether oxygens (including phenoxy) is 7. The molecule has 0 saturated carbocycles. The first-order valence-electron chi connectivity index (χ1n) is 32.9. The molecule has 1 aliphatic rings. The Morgan fingerprint density at radius 1 is 0.446 bits per heavy atom. The van der Waals surface area contributed by atoms with Gasteiger partial charge in [-0.1, -0.05) is 61.5 Å². The van der Waals surface area contributed by atoms with Gasteiger partial charge in [0.25, 0.3) is 0 Å². The van der Waals surface area contributed by atoms with Crippen molar-refractivity contribution in [2.75, 3.05) is 109 Å². The number of rotatable bonds is 41. The Labute approximate surface area is 563 Å². The third-order valence-electron chi connectivity index (χ3n) is 16.8. The molecule has 0 spiro atoms. The maximum Gasteiger partial charge on any atom is 0.500 e. The minimum Gasteiger partial charge on any atom is -0.465 e. The highest BCUT2D eigenvalue weighted by Gasteiger charge is 2.39. The van der Waals surface area contributed by atoms with Crippen LogP contribution in [0.4, 0.5) is 0 Å². The van der Waals surface area contributed by atoms with Gasteiger partial charge in [0.2, 0.25) is 0 Å². The normalized spacial score (nSPS) is 13.8. The number of hydrogen-bond donors (Lipinski definition) is 0. The van der Waals surface area contributed by atoms with Crippen molar-refractivity contribution in [2.24, 2.45) is 27.1 Å². The Kier molecular flexibility index (Phi) is 53.5. The van der Waals surface area contributed by atoms with Crippen molar-refractivity contribution in [3.05, 3.63) is 12.2 Å². The fraction of sp³-hybridized carbons (Fsp3) is 0.879. The first-order chi connectivity index (χ1) is 42.5. The Morgan fingerprint density at radius 2 is 0.739 bits per heavy atom. The lowest BCUT2D eigenvalue weighted by Gasteiger charge is -2.28. The molecule has 0 aromatic rings. The maximum absolute atomic E-state index is 11.8. The van der Waals surface area contributed by atoms with Crippen molar-refractivity contribution in [1.82, 2.24) is 0 Å². The van der Waals surface area contributed by atoms with Crippen LogP contribution in [0.15, 0.2) is 12.2 Å². The lowest BCUT2D eigenvalue weighted by Crippen LogP contribution is -2.42. The van der Waals surface area contributed by atoms with E-state index in [1.165, 1.54) is 0 Å². The summed E-state index contributed by atoms with van der Waals surface area (Å²) in [6.45, 7) is 52.0. The van der Waals surface area contributed by atoms with Crippen LogP contribution in [0.25, 0.3) is 0 Å². The molecule has 548 valence electrons. The number of carbonyl (C=O) groups is 6. The summed E-state index contributed by atoms with van der Waals surface area (Å²) in [4.78, 5) is 69.0. The first kappa shape index (κ1) is 97.7. The average Bonchev–Trinajstić information content (AvgIpc) is 2.26. The molecular weight excluding hydrogens is 1260 g/mol. The fourth-order valence-electron chi connectivity index (χ4n) is 6.49. The third kappa shape index (κ3) is 43.3. The van der Waals surface area contributed by atoms with Crippen molar-refractivity contribution in [1.29, 1.82) is 0 Å². The summed E-state index contributed by atoms with van der Waals surface area (Å²) in [5, 5.41) is 0. The van der Waals surface area contributed by atoms with Crippen LogP contribution in [0.3, 0.4) is 0 Å². The summed E-state index contributed by atoms with van der Waals surface area (Å²) in [7, 11) is 3.12. The molecule has 1 heterocycles. The molecule has 1 aliphatic heterocycles. The Morgan fingerprint density at radius 3 is 0.989 bits per heavy atom. The molecule has 22 nitrogen and oxygen atoms in total. The quantitative estimate of drug-likeness (QED) is 0.0138. The van der Waals surface area contributed by atoms with E-state index in [0.717, 1.165) is 63.6 Å². The molecular formula is C66H136O22Si4. The molecule has 2 unspecified atom stereocenters. The lowest BCUT2D eigenvalue weighted by atomic mass is 9.91. The molecule has 0 radical (unpaired) electrons. The van der Waals surface area contributed by atoms with Crippen LogP contribution in [-0.4, -0.2) is 186 Å². The van der Waals surface area contributed by atoms with Gasteiger partial charge in [-0.05, 0) is 179 Å². The highest BCUT2D eigenvalue weighted by Crippen LogP contribution is 2.28. The van der Waals surface area contributed by atoms with E-state index < -0.39 is 51.3 Å². The molecule has 0 aromatic carbocycles. The van der Waals surface area contributed by atoms with Crippen LogP contribution in [-0.2, 0) is 102 Å². The van der Waals surface area contributed by atoms with Gasteiger partial charge in [0.05, 0.1) is 53.5 Å². The molecule has 0 bridgehead atoms. The van der Waals surface area contributed by atoms with Crippen molar-refractivity contribution in [3.63, 3.8) is 0 Å². The minimum atomic E-state index is -2.53. The first-order valence-corrected chi connectivity index (χ1v) is 42.3. The average molecular weight is 1390 g/mol. The zero-order valence-corrected chi connectivity index (χ0v) is 67.7. The van der Waals surface area contributed by atoms with Gasteiger partial charge in [0.1, 0.15) is 25.9 Å². The van der Waals surface area contributed by atoms with Gasteiger partial charge in [-0.3, -0.25) is 24.0 Å². The van der Waals surface area contributed by atoms with Crippen LogP contribution < -0.4 is 0 Å². The summed E-state index contributed by atoms with van der Waals surface area (Å²) < 4.78 is 84.3. The predicted octanol–water partition coefficient (Wildman–Crippen LogP) is 14.1. The van der Waals surface area contributed by atoms with Crippen LogP contribution >= 0.6 is 0 Å². The molecule has 0 aliphatic carbocycles. The number of carbonyl (C=O) groups excluding carboxylic acids is 6. The van der Waals surface area contributed by atoms with Crippen molar-refractivity contribution < 1.29 is 102 Å². The second-order valence-corrected chi connectivity index (χ2v) is 39.9. The van der Waals surface area contributed by atoms with Crippen molar-refractivity contribution in [2.45, 2.75) is 246 Å². The van der Waals surface area contributed by atoms with Gasteiger partial charge in [-0.15, -0.1) is 0 Å². The highest BCUT2D eigenvalue weighted by atomic mass is 28.4. The summed E-state index contributed by atoms with van der Waals surface area (Å²) in [6, 6.07) is 2.32. The van der Waals surface area contributed by atoms with Crippen LogP contribution in [0, 0.1) is 27.1 Å². The van der Waals surface area contributed by atoms with E-state index in [1.54, 1.807) is 56.7 Å². The largest absolute Gasteiger partial charge is 0.500 e. The Hall–Kier alpha value is -2.97. The van der Waals surface area contributed by atoms with E-state index in [9.17, 15) is 28.8 Å². The van der Waals surface area contributed by atoms with E-state index >= 15 is 0 Å². The van der Waals surface area contributed by atoms with Crippen molar-refractivity contribution >= 4 is 70.3 Å². The summed E-state index contributed by atoms with van der Waals surface area (Å²) >= 11 is 0. The summed E-state index contributed by atoms with van der Waals surface area (Å²) in [5.74, 6) is -1.28. The zero-order chi connectivity index (χ0) is 72.9. The van der Waals surface area contributed by atoms with Crippen LogP contribution in [0.2, 0.25) is 43.3 Å². The van der Waals surface area contributed by atoms with Gasteiger partial charge in [-0.25, -0.2) is 4.79 Å². The van der Waals surface area contributed by atoms with E-state index in [-0.39, 0.29) is 65.4 Å². The SMILES string of the molecule is C=C(C)C(=O)OCCOC(=O)C(C)(C)CC.CCC(C)(C)C(=O)OCC1CO1.CCC(C)(C)C(=O)OCCC[Si](C)(OC)OC.CCC(C)(C)C(=O)OCCC[Si](OC)(OC)OC.CCC(C)[Si](C)(OC)OC.CCO[Si](C)(CCCOC(=O)C(C)(C)CC)OCC. The molecule has 0 N–H and O–H groups in total. The number of esters is 6. The fourth-order valence-corrected chi connectivity index (χ4v) is 13.6. The van der Waals surface area contributed by atoms with E-state index in [2.05, 4.69) is 33.5 Å². The molecule has 0 amide bonds. The molecule has 2 atom stereocenters. The molecule has 0 aromatic heterocycles. The minimum absolute atomic E-state index is 0.0667. The van der Waals surface area contributed by atoms with E-state index in [0.29, 0.717) is 69.6 Å². The lowest BCUT2D eigenvalue weighted by molar-refractivity contribution is -0.158. The second-order valence-electron chi connectivity index (χ2n) is 26.1. The summed E-state index contributed by atoms with van der Waals surface area (Å²) in [6.07, 6.45) is 7.40. The van der Waals surface area contributed by atoms with Gasteiger partial charge in [0, 0.05) is 74.6 Å². The van der Waals surface area contributed by atoms with Gasteiger partial charge in [0.15, 0.2) is 0 Å². The van der Waals surface area contributed by atoms with Gasteiger partial charge < -0.3 is 73.0 Å². The van der Waals surface area contributed by atoms with E-state index in [4.69, 9.17) is 73.0 Å². The highest BCUT2D eigenvalue weighted by molar-refractivity contribution is 6.67. The molecule has 1 rings (SSSR count). The number of hydrogen-bond acceptors (Lipinski definition) is 22. The zero-order valence-electron chi connectivity index (χ0n) is 63.7.